The number of carbonyl (C=O) groups is 4. The minimum Gasteiger partial charge on any atom is -0.490 e. The van der Waals surface area contributed by atoms with Gasteiger partial charge in [-0.1, -0.05) is 66.7 Å². The van der Waals surface area contributed by atoms with Crippen LogP contribution in [0.15, 0.2) is 72.8 Å². The van der Waals surface area contributed by atoms with Crippen molar-refractivity contribution in [1.82, 2.24) is 15.5 Å². The van der Waals surface area contributed by atoms with Gasteiger partial charge in [-0.05, 0) is 89.1 Å². The normalized spacial score (nSPS) is 23.0. The second-order valence-corrected chi connectivity index (χ2v) is 15.8. The van der Waals surface area contributed by atoms with Crippen LogP contribution >= 0.6 is 0 Å². The standard InChI is InChI=1S/C36H43N3O7.C7H12O3/c1-22-11-10-12-23(2)27(22)19-37-34(43)32-36(3,4)46-21-39(32)35(44)28(40)18-25(17-24-13-6-5-7-14-24)33(42)38-31-26-15-8-9-16-30(26)45-20-29(31)41;1-7(2)5(6(8)9)3-4-10-7/h5-16,25,28-29,31-32,40-41H,17-21H2,1-4H3,(H,37,43)(H,38,42);5H,3-4H2,1-2H3,(H,8,9)/t25-,28+,29-,31+,32-;5-/m11/s1. The first-order chi connectivity index (χ1) is 26.5. The van der Waals surface area contributed by atoms with Crippen LogP contribution in [-0.4, -0.2) is 93.3 Å². The number of para-hydroxylation sites is 1. The monoisotopic (exact) mass is 773 g/mol. The van der Waals surface area contributed by atoms with Crippen LogP contribution in [0.25, 0.3) is 0 Å². The van der Waals surface area contributed by atoms with Crippen molar-refractivity contribution in [2.45, 2.75) is 103 Å². The SMILES string of the molecule is CC1(C)OCC[C@@H]1C(=O)O.Cc1cccc(C)c1CNC(=O)[C@H]1N(C(=O)[C@@H](O)C[C@@H](Cc2ccccc2)C(=O)N[C@H]2c3ccccc3OC[C@H]2O)COC1(C)C. The van der Waals surface area contributed by atoms with E-state index in [0.717, 1.165) is 22.3 Å². The number of nitrogens with one attached hydrogen (secondary N) is 2. The zero-order valence-electron chi connectivity index (χ0n) is 33.0. The van der Waals surface area contributed by atoms with Crippen molar-refractivity contribution in [2.24, 2.45) is 11.8 Å². The Hall–Kier alpha value is -4.82. The Labute approximate surface area is 328 Å². The summed E-state index contributed by atoms with van der Waals surface area (Å²) in [7, 11) is 0. The zero-order chi connectivity index (χ0) is 40.8. The lowest BCUT2D eigenvalue weighted by molar-refractivity contribution is -0.147. The molecule has 3 amide bonds. The molecule has 3 aliphatic rings. The molecule has 56 heavy (non-hydrogen) atoms. The number of carboxylic acid groups (broad SMARTS) is 1. The number of benzene rings is 3. The molecular formula is C43H55N3O10. The lowest BCUT2D eigenvalue weighted by atomic mass is 9.90. The van der Waals surface area contributed by atoms with Gasteiger partial charge in [0.25, 0.3) is 5.91 Å². The highest BCUT2D eigenvalue weighted by atomic mass is 16.5. The second-order valence-electron chi connectivity index (χ2n) is 15.8. The van der Waals surface area contributed by atoms with E-state index >= 15 is 0 Å². The Bertz CT molecular complexity index is 1850. The van der Waals surface area contributed by atoms with E-state index in [9.17, 15) is 29.4 Å². The Morgan fingerprint density at radius 1 is 0.893 bits per heavy atom. The number of ether oxygens (including phenoxy) is 3. The van der Waals surface area contributed by atoms with Gasteiger partial charge >= 0.3 is 5.97 Å². The van der Waals surface area contributed by atoms with Gasteiger partial charge in [-0.15, -0.1) is 0 Å². The third kappa shape index (κ3) is 9.94. The zero-order valence-corrected chi connectivity index (χ0v) is 33.0. The van der Waals surface area contributed by atoms with E-state index in [0.29, 0.717) is 24.3 Å². The van der Waals surface area contributed by atoms with Crippen molar-refractivity contribution >= 4 is 23.7 Å². The number of nitrogens with zero attached hydrogens (tertiary/aromatic N) is 1. The molecule has 0 aliphatic carbocycles. The summed E-state index contributed by atoms with van der Waals surface area (Å²) >= 11 is 0. The average molecular weight is 774 g/mol. The molecule has 6 rings (SSSR count). The topological polar surface area (TPSA) is 184 Å². The number of carbonyl (C=O) groups excluding carboxylic acids is 3. The van der Waals surface area contributed by atoms with Gasteiger partial charge in [-0.2, -0.15) is 0 Å². The molecule has 0 spiro atoms. The smallest absolute Gasteiger partial charge is 0.309 e. The van der Waals surface area contributed by atoms with Gasteiger partial charge in [0.05, 0.1) is 23.2 Å². The summed E-state index contributed by atoms with van der Waals surface area (Å²) in [5, 5.41) is 36.6. The van der Waals surface area contributed by atoms with Gasteiger partial charge < -0.3 is 45.1 Å². The Balaban J connectivity index is 0.000000522. The lowest BCUT2D eigenvalue weighted by Gasteiger charge is -2.33. The van der Waals surface area contributed by atoms with Crippen LogP contribution in [0, 0.1) is 25.7 Å². The van der Waals surface area contributed by atoms with Gasteiger partial charge in [-0.25, -0.2) is 0 Å². The lowest BCUT2D eigenvalue weighted by Crippen LogP contribution is -2.55. The molecule has 13 nitrogen and oxygen atoms in total. The van der Waals surface area contributed by atoms with E-state index < -0.39 is 65.1 Å². The van der Waals surface area contributed by atoms with Gasteiger partial charge in [0.1, 0.15) is 37.3 Å². The number of aliphatic hydroxyl groups excluding tert-OH is 2. The van der Waals surface area contributed by atoms with Crippen LogP contribution in [0.3, 0.4) is 0 Å². The number of hydrogen-bond donors (Lipinski definition) is 5. The second kappa shape index (κ2) is 18.0. The number of aliphatic hydroxyl groups is 2. The highest BCUT2D eigenvalue weighted by Crippen LogP contribution is 2.34. The molecule has 2 fully saturated rings. The molecule has 0 radical (unpaired) electrons. The third-order valence-corrected chi connectivity index (χ3v) is 11.0. The predicted octanol–water partition coefficient (Wildman–Crippen LogP) is 3.99. The van der Waals surface area contributed by atoms with Crippen molar-refractivity contribution in [2.75, 3.05) is 19.9 Å². The summed E-state index contributed by atoms with van der Waals surface area (Å²) in [6.07, 6.45) is -1.87. The summed E-state index contributed by atoms with van der Waals surface area (Å²) in [6, 6.07) is 20.7. The first-order valence-corrected chi connectivity index (χ1v) is 19.1. The van der Waals surface area contributed by atoms with Crippen LogP contribution in [-0.2, 0) is 41.6 Å². The predicted molar refractivity (Wildman–Crippen MR) is 207 cm³/mol. The molecule has 0 unspecified atom stereocenters. The molecule has 6 atom stereocenters. The van der Waals surface area contributed by atoms with Crippen molar-refractivity contribution < 1.29 is 48.7 Å². The summed E-state index contributed by atoms with van der Waals surface area (Å²) < 4.78 is 16.7. The average Bonchev–Trinajstić information content (AvgIpc) is 3.69. The highest BCUT2D eigenvalue weighted by Gasteiger charge is 2.50. The molecule has 13 heteroatoms. The molecule has 302 valence electrons. The first-order valence-electron chi connectivity index (χ1n) is 19.1. The summed E-state index contributed by atoms with van der Waals surface area (Å²) in [5.74, 6) is -2.83. The molecule has 0 bridgehead atoms. The molecule has 3 aromatic rings. The molecule has 2 saturated heterocycles. The molecule has 5 N–H and O–H groups in total. The van der Waals surface area contributed by atoms with Crippen LogP contribution in [0.4, 0.5) is 0 Å². The van der Waals surface area contributed by atoms with Gasteiger partial charge in [0.2, 0.25) is 11.8 Å². The number of aliphatic carboxylic acids is 1. The Morgan fingerprint density at radius 2 is 1.55 bits per heavy atom. The fourth-order valence-corrected chi connectivity index (χ4v) is 7.66. The van der Waals surface area contributed by atoms with Gasteiger partial charge in [0.15, 0.2) is 0 Å². The molecule has 3 aliphatic heterocycles. The van der Waals surface area contributed by atoms with E-state index in [4.69, 9.17) is 19.3 Å². The van der Waals surface area contributed by atoms with Crippen molar-refractivity contribution in [3.05, 3.63) is 101 Å². The Kier molecular flexibility index (Phi) is 13.6. The van der Waals surface area contributed by atoms with Gasteiger partial charge in [-0.3, -0.25) is 19.2 Å². The molecule has 0 saturated carbocycles. The summed E-state index contributed by atoms with van der Waals surface area (Å²) in [4.78, 5) is 52.9. The van der Waals surface area contributed by atoms with Crippen LogP contribution in [0.1, 0.15) is 74.4 Å². The number of amides is 3. The number of carboxylic acids is 1. The first kappa shape index (κ1) is 42.3. The van der Waals surface area contributed by atoms with E-state index in [2.05, 4.69) is 10.6 Å². The van der Waals surface area contributed by atoms with Crippen molar-refractivity contribution in [3.8, 4) is 5.75 Å². The van der Waals surface area contributed by atoms with E-state index in [1.165, 1.54) is 4.90 Å². The summed E-state index contributed by atoms with van der Waals surface area (Å²) in [5.41, 5.74) is 3.12. The molecule has 3 heterocycles. The molecule has 3 aromatic carbocycles. The number of hydrogen-bond acceptors (Lipinski definition) is 9. The van der Waals surface area contributed by atoms with Gasteiger partial charge in [0, 0.05) is 24.6 Å². The largest absolute Gasteiger partial charge is 0.490 e. The fraction of sp³-hybridized carbons (Fsp3) is 0.488. The van der Waals surface area contributed by atoms with Crippen molar-refractivity contribution in [1.29, 1.82) is 0 Å². The Morgan fingerprint density at radius 3 is 2.18 bits per heavy atom. The number of fused-ring (bicyclic) bond motifs is 1. The maximum Gasteiger partial charge on any atom is 0.309 e. The fourth-order valence-electron chi connectivity index (χ4n) is 7.66. The van der Waals surface area contributed by atoms with Crippen molar-refractivity contribution in [3.63, 3.8) is 0 Å². The van der Waals surface area contributed by atoms with Crippen LogP contribution in [0.2, 0.25) is 0 Å². The molecular weight excluding hydrogens is 718 g/mol. The van der Waals surface area contributed by atoms with E-state index in [1.54, 1.807) is 32.0 Å². The minimum atomic E-state index is -1.59. The maximum atomic E-state index is 13.8. The van der Waals surface area contributed by atoms with Crippen LogP contribution < -0.4 is 15.4 Å². The van der Waals surface area contributed by atoms with E-state index in [-0.39, 0.29) is 38.6 Å². The molecule has 0 aromatic heterocycles. The third-order valence-electron chi connectivity index (χ3n) is 11.0. The maximum absolute atomic E-state index is 13.8. The highest BCUT2D eigenvalue weighted by molar-refractivity contribution is 5.91. The van der Waals surface area contributed by atoms with Crippen LogP contribution in [0.5, 0.6) is 5.75 Å². The quantitative estimate of drug-likeness (QED) is 0.191. The summed E-state index contributed by atoms with van der Waals surface area (Å²) in [6.45, 7) is 11.8. The van der Waals surface area contributed by atoms with E-state index in [1.807, 2.05) is 82.3 Å². The minimum absolute atomic E-state index is 0.0179. The number of aryl methyl sites for hydroxylation is 2. The number of rotatable bonds is 11.